The minimum Gasteiger partial charge on any atom is -0.355 e. The topological polar surface area (TPSA) is 104 Å². The Morgan fingerprint density at radius 3 is 2.36 bits per heavy atom. The summed E-state index contributed by atoms with van der Waals surface area (Å²) in [4.78, 5) is 40.1. The molecule has 0 aromatic heterocycles. The number of amides is 3. The highest BCUT2D eigenvalue weighted by Crippen LogP contribution is 2.30. The Kier molecular flexibility index (Phi) is 7.53. The van der Waals surface area contributed by atoms with E-state index in [-0.39, 0.29) is 35.9 Å². The van der Waals surface area contributed by atoms with Gasteiger partial charge in [-0.3, -0.25) is 14.4 Å². The van der Waals surface area contributed by atoms with Crippen molar-refractivity contribution in [2.75, 3.05) is 13.1 Å². The summed E-state index contributed by atoms with van der Waals surface area (Å²) < 4.78 is 26.4. The van der Waals surface area contributed by atoms with Crippen LogP contribution in [0.5, 0.6) is 0 Å². The largest absolute Gasteiger partial charge is 0.355 e. The number of aryl methyl sites for hydroxylation is 1. The lowest BCUT2D eigenvalue weighted by Gasteiger charge is -2.31. The minimum absolute atomic E-state index is 0.0482. The fourth-order valence-electron chi connectivity index (χ4n) is 3.98. The van der Waals surface area contributed by atoms with Crippen LogP contribution in [0.3, 0.4) is 0 Å². The summed E-state index contributed by atoms with van der Waals surface area (Å²) in [6.07, 6.45) is 0.177. The third-order valence-electron chi connectivity index (χ3n) is 5.78. The van der Waals surface area contributed by atoms with Crippen molar-refractivity contribution < 1.29 is 22.8 Å². The van der Waals surface area contributed by atoms with Crippen molar-refractivity contribution >= 4 is 27.7 Å². The molecule has 1 heterocycles. The Morgan fingerprint density at radius 2 is 1.73 bits per heavy atom. The molecule has 0 aliphatic carbocycles. The maximum Gasteiger partial charge on any atom is 0.269 e. The van der Waals surface area contributed by atoms with E-state index in [1.807, 2.05) is 38.1 Å². The van der Waals surface area contributed by atoms with Crippen LogP contribution in [0.15, 0.2) is 53.4 Å². The van der Waals surface area contributed by atoms with Gasteiger partial charge in [-0.05, 0) is 43.5 Å². The highest BCUT2D eigenvalue weighted by Gasteiger charge is 2.41. The van der Waals surface area contributed by atoms with Crippen molar-refractivity contribution in [3.63, 3.8) is 0 Å². The van der Waals surface area contributed by atoms with Crippen molar-refractivity contribution in [1.29, 1.82) is 0 Å². The molecule has 2 aromatic carbocycles. The molecule has 0 bridgehead atoms. The molecule has 0 radical (unpaired) electrons. The third kappa shape index (κ3) is 4.93. The number of fused-ring (bicyclic) bond motifs is 1. The molecule has 2 aromatic rings. The summed E-state index contributed by atoms with van der Waals surface area (Å²) in [5, 5.41) is 2.77. The maximum absolute atomic E-state index is 13.3. The minimum atomic E-state index is -4.00. The molecular formula is C24H29N3O5S. The van der Waals surface area contributed by atoms with E-state index in [0.29, 0.717) is 13.0 Å². The lowest BCUT2D eigenvalue weighted by Crippen LogP contribution is -2.49. The number of sulfonamides is 1. The van der Waals surface area contributed by atoms with Gasteiger partial charge in [-0.1, -0.05) is 43.3 Å². The number of nitrogens with one attached hydrogen (secondary N) is 1. The van der Waals surface area contributed by atoms with Gasteiger partial charge in [-0.2, -0.15) is 0 Å². The van der Waals surface area contributed by atoms with Gasteiger partial charge < -0.3 is 10.2 Å². The molecule has 3 amide bonds. The number of benzene rings is 2. The van der Waals surface area contributed by atoms with Crippen molar-refractivity contribution in [3.8, 4) is 0 Å². The van der Waals surface area contributed by atoms with Crippen LogP contribution in [0, 0.1) is 6.92 Å². The molecule has 176 valence electrons. The monoisotopic (exact) mass is 471 g/mol. The van der Waals surface area contributed by atoms with Gasteiger partial charge in [0.25, 0.3) is 15.9 Å². The highest BCUT2D eigenvalue weighted by molar-refractivity contribution is 7.90. The van der Waals surface area contributed by atoms with Gasteiger partial charge in [-0.15, -0.1) is 0 Å². The summed E-state index contributed by atoms with van der Waals surface area (Å²) in [6, 6.07) is 12.9. The number of hydrogen-bond donors (Lipinski definition) is 1. The molecule has 1 aliphatic rings. The van der Waals surface area contributed by atoms with E-state index in [4.69, 9.17) is 0 Å². The Labute approximate surface area is 194 Å². The maximum atomic E-state index is 13.3. The van der Waals surface area contributed by atoms with Crippen LogP contribution >= 0.6 is 0 Å². The second-order valence-corrected chi connectivity index (χ2v) is 9.73. The summed E-state index contributed by atoms with van der Waals surface area (Å²) in [6.45, 7) is 5.91. The van der Waals surface area contributed by atoms with Gasteiger partial charge in [0.2, 0.25) is 11.8 Å². The molecule has 3 rings (SSSR count). The molecular weight excluding hydrogens is 442 g/mol. The van der Waals surface area contributed by atoms with Gasteiger partial charge in [-0.25, -0.2) is 12.7 Å². The number of carbonyl (C=O) groups excluding carboxylic acids is 3. The van der Waals surface area contributed by atoms with Crippen LogP contribution in [0.1, 0.15) is 48.2 Å². The van der Waals surface area contributed by atoms with E-state index >= 15 is 0 Å². The standard InChI is InChI=1S/C24H29N3O5S/c1-4-20(23(29)25-5-2)26(16-18-11-7-6-10-17(18)3)22(28)14-15-27-24(30)19-12-8-9-13-21(19)33(27,31)32/h6-13,20H,4-5,14-16H2,1-3H3,(H,25,29). The molecule has 1 N–H and O–H groups in total. The van der Waals surface area contributed by atoms with E-state index in [1.54, 1.807) is 19.1 Å². The molecule has 8 nitrogen and oxygen atoms in total. The summed E-state index contributed by atoms with van der Waals surface area (Å²) in [7, 11) is -4.00. The SMILES string of the molecule is CCNC(=O)C(CC)N(Cc1ccccc1C)C(=O)CCN1C(=O)c2ccccc2S1(=O)=O. The number of nitrogens with zero attached hydrogens (tertiary/aromatic N) is 2. The molecule has 0 saturated carbocycles. The summed E-state index contributed by atoms with van der Waals surface area (Å²) in [5.74, 6) is -1.30. The lowest BCUT2D eigenvalue weighted by molar-refractivity contribution is -0.141. The van der Waals surface area contributed by atoms with Gasteiger partial charge in [0.15, 0.2) is 0 Å². The van der Waals surface area contributed by atoms with E-state index < -0.39 is 27.9 Å². The molecule has 1 unspecified atom stereocenters. The molecule has 0 saturated heterocycles. The van der Waals surface area contributed by atoms with Crippen molar-refractivity contribution in [3.05, 3.63) is 65.2 Å². The zero-order valence-electron chi connectivity index (χ0n) is 19.1. The molecule has 0 fully saturated rings. The summed E-state index contributed by atoms with van der Waals surface area (Å²) >= 11 is 0. The number of carbonyl (C=O) groups is 3. The fourth-order valence-corrected chi connectivity index (χ4v) is 5.55. The Bertz CT molecular complexity index is 1160. The quantitative estimate of drug-likeness (QED) is 0.605. The predicted molar refractivity (Wildman–Crippen MR) is 124 cm³/mol. The molecule has 9 heteroatoms. The van der Waals surface area contributed by atoms with Gasteiger partial charge in [0.05, 0.1) is 5.56 Å². The van der Waals surface area contributed by atoms with Crippen LogP contribution in [-0.2, 0) is 26.2 Å². The van der Waals surface area contributed by atoms with Crippen LogP contribution in [0.2, 0.25) is 0 Å². The third-order valence-corrected chi connectivity index (χ3v) is 7.62. The Hall–Kier alpha value is -3.20. The second-order valence-electron chi connectivity index (χ2n) is 7.90. The first-order valence-electron chi connectivity index (χ1n) is 11.0. The van der Waals surface area contributed by atoms with Crippen LogP contribution in [0.4, 0.5) is 0 Å². The van der Waals surface area contributed by atoms with E-state index in [0.717, 1.165) is 15.4 Å². The van der Waals surface area contributed by atoms with Gasteiger partial charge in [0.1, 0.15) is 10.9 Å². The molecule has 1 atom stereocenters. The van der Waals surface area contributed by atoms with E-state index in [1.165, 1.54) is 17.0 Å². The first-order valence-corrected chi connectivity index (χ1v) is 12.4. The number of hydrogen-bond acceptors (Lipinski definition) is 5. The Morgan fingerprint density at radius 1 is 1.06 bits per heavy atom. The fraction of sp³-hybridized carbons (Fsp3) is 0.375. The van der Waals surface area contributed by atoms with Crippen molar-refractivity contribution in [2.45, 2.75) is 51.1 Å². The normalized spacial score (nSPS) is 15.1. The van der Waals surface area contributed by atoms with Gasteiger partial charge >= 0.3 is 0 Å². The summed E-state index contributed by atoms with van der Waals surface area (Å²) in [5.41, 5.74) is 1.98. The zero-order valence-corrected chi connectivity index (χ0v) is 19.9. The molecule has 33 heavy (non-hydrogen) atoms. The first-order chi connectivity index (χ1) is 15.7. The smallest absolute Gasteiger partial charge is 0.269 e. The van der Waals surface area contributed by atoms with Gasteiger partial charge in [0, 0.05) is 26.1 Å². The molecule has 0 spiro atoms. The molecule has 1 aliphatic heterocycles. The highest BCUT2D eigenvalue weighted by atomic mass is 32.2. The van der Waals surface area contributed by atoms with Crippen molar-refractivity contribution in [2.24, 2.45) is 0 Å². The average molecular weight is 472 g/mol. The second kappa shape index (κ2) is 10.2. The number of likely N-dealkylation sites (N-methyl/N-ethyl adjacent to an activating group) is 1. The van der Waals surface area contributed by atoms with Crippen LogP contribution in [0.25, 0.3) is 0 Å². The predicted octanol–water partition coefficient (Wildman–Crippen LogP) is 2.47. The van der Waals surface area contributed by atoms with E-state index in [9.17, 15) is 22.8 Å². The Balaban J connectivity index is 1.84. The first kappa shape index (κ1) is 24.4. The van der Waals surface area contributed by atoms with E-state index in [2.05, 4.69) is 5.32 Å². The van der Waals surface area contributed by atoms with Crippen LogP contribution < -0.4 is 5.32 Å². The van der Waals surface area contributed by atoms with Crippen molar-refractivity contribution in [1.82, 2.24) is 14.5 Å². The zero-order chi connectivity index (χ0) is 24.2. The number of rotatable bonds is 9. The average Bonchev–Trinajstić information content (AvgIpc) is 2.99. The lowest BCUT2D eigenvalue weighted by atomic mass is 10.1. The van der Waals surface area contributed by atoms with Crippen LogP contribution in [-0.4, -0.2) is 54.5 Å².